The Bertz CT molecular complexity index is 1520. The molecule has 2 aliphatic carbocycles. The largest absolute Gasteiger partial charge is 0.468 e. The molecule has 1 unspecified atom stereocenters. The Morgan fingerprint density at radius 1 is 1.21 bits per heavy atom. The van der Waals surface area contributed by atoms with Crippen LogP contribution >= 0.6 is 0 Å². The number of alkyl halides is 3. The number of carbonyl (C=O) groups excluding carboxylic acids is 3. The maximum atomic E-state index is 13.7. The highest BCUT2D eigenvalue weighted by Crippen LogP contribution is 2.54. The SMILES string of the molecule is CCn1nccc1C(=O)N[C@H](c1cn2ncc(CC3(C(=O)OC)C[C@@H](C(F)(F)F)CNC3=O)cc2n1)C(C1CC1)C1CC1. The number of hydrogen-bond donors (Lipinski definition) is 2. The summed E-state index contributed by atoms with van der Waals surface area (Å²) in [6, 6.07) is 2.91. The average Bonchev–Trinajstić information content (AvgIpc) is 3.91. The van der Waals surface area contributed by atoms with E-state index in [0.717, 1.165) is 32.8 Å². The van der Waals surface area contributed by atoms with Crippen LogP contribution in [-0.4, -0.2) is 62.0 Å². The zero-order valence-corrected chi connectivity index (χ0v) is 23.9. The van der Waals surface area contributed by atoms with Crippen LogP contribution in [0, 0.1) is 29.1 Å². The van der Waals surface area contributed by atoms with E-state index >= 15 is 0 Å². The first-order valence-electron chi connectivity index (χ1n) is 14.6. The van der Waals surface area contributed by atoms with Crippen molar-refractivity contribution in [2.24, 2.45) is 29.1 Å². The third kappa shape index (κ3) is 5.58. The van der Waals surface area contributed by atoms with E-state index in [0.29, 0.717) is 41.0 Å². The topological polar surface area (TPSA) is 133 Å². The minimum absolute atomic E-state index is 0.208. The molecule has 3 fully saturated rings. The minimum atomic E-state index is -4.60. The number of methoxy groups -OCH3 is 1. The van der Waals surface area contributed by atoms with E-state index in [9.17, 15) is 27.6 Å². The Kier molecular flexibility index (Phi) is 7.41. The molecule has 6 rings (SSSR count). The number of amides is 2. The number of nitrogens with one attached hydrogen (secondary N) is 2. The summed E-state index contributed by atoms with van der Waals surface area (Å²) in [4.78, 5) is 44.0. The summed E-state index contributed by atoms with van der Waals surface area (Å²) in [6.07, 6.45) is 3.46. The fourth-order valence-electron chi connectivity index (χ4n) is 6.58. The molecule has 14 heteroatoms. The molecule has 3 aliphatic rings. The van der Waals surface area contributed by atoms with Crippen molar-refractivity contribution in [3.63, 3.8) is 0 Å². The molecule has 0 spiro atoms. The summed E-state index contributed by atoms with van der Waals surface area (Å²) >= 11 is 0. The van der Waals surface area contributed by atoms with Crippen LogP contribution < -0.4 is 10.6 Å². The lowest BCUT2D eigenvalue weighted by atomic mass is 9.71. The number of carbonyl (C=O) groups is 3. The van der Waals surface area contributed by atoms with Gasteiger partial charge in [0.05, 0.1) is 37.2 Å². The highest BCUT2D eigenvalue weighted by molar-refractivity contribution is 6.03. The van der Waals surface area contributed by atoms with E-state index in [1.165, 1.54) is 10.7 Å². The van der Waals surface area contributed by atoms with Crippen molar-refractivity contribution in [3.8, 4) is 0 Å². The maximum absolute atomic E-state index is 13.7. The van der Waals surface area contributed by atoms with Gasteiger partial charge in [-0.2, -0.15) is 23.4 Å². The lowest BCUT2D eigenvalue weighted by Gasteiger charge is -2.38. The lowest BCUT2D eigenvalue weighted by molar-refractivity contribution is -0.195. The van der Waals surface area contributed by atoms with Crippen molar-refractivity contribution in [2.45, 2.75) is 64.2 Å². The number of imidazole rings is 1. The highest BCUT2D eigenvalue weighted by atomic mass is 19.4. The second-order valence-electron chi connectivity index (χ2n) is 12.0. The van der Waals surface area contributed by atoms with Gasteiger partial charge in [0, 0.05) is 19.3 Å². The smallest absolute Gasteiger partial charge is 0.393 e. The number of esters is 1. The first-order valence-corrected chi connectivity index (χ1v) is 14.6. The number of piperidine rings is 1. The number of fused-ring (bicyclic) bond motifs is 1. The summed E-state index contributed by atoms with van der Waals surface area (Å²) in [5.41, 5.74) is -0.233. The van der Waals surface area contributed by atoms with E-state index < -0.39 is 42.4 Å². The molecule has 4 heterocycles. The number of nitrogens with zero attached hydrogens (tertiary/aromatic N) is 5. The third-order valence-corrected chi connectivity index (χ3v) is 9.05. The third-order valence-electron chi connectivity index (χ3n) is 9.05. The van der Waals surface area contributed by atoms with Gasteiger partial charge in [0.25, 0.3) is 5.91 Å². The Labute approximate surface area is 245 Å². The summed E-state index contributed by atoms with van der Waals surface area (Å²) < 4.78 is 49.0. The Hall–Kier alpha value is -3.97. The van der Waals surface area contributed by atoms with Gasteiger partial charge in [0.1, 0.15) is 5.69 Å². The molecule has 1 aliphatic heterocycles. The van der Waals surface area contributed by atoms with Gasteiger partial charge in [-0.3, -0.25) is 19.1 Å². The molecule has 2 saturated carbocycles. The van der Waals surface area contributed by atoms with Gasteiger partial charge in [0.2, 0.25) is 5.91 Å². The molecule has 0 bridgehead atoms. The van der Waals surface area contributed by atoms with Gasteiger partial charge in [0.15, 0.2) is 11.1 Å². The lowest BCUT2D eigenvalue weighted by Crippen LogP contribution is -2.57. The standard InChI is InChI=1S/C29H34F3N7O4/c1-3-38-21(8-9-34-38)25(40)37-24(23(17-4-5-17)18-6-7-18)20-15-39-22(36-20)10-16(13-35-39)11-28(27(42)43-2)12-19(29(30,31)32)14-33-26(28)41/h8-10,13,15,17-19,23-24H,3-7,11-12,14H2,1-2H3,(H,33,41)(H,37,40)/t19-,24-,28?/m1/s1. The van der Waals surface area contributed by atoms with E-state index in [2.05, 4.69) is 20.8 Å². The first kappa shape index (κ1) is 29.1. The number of ether oxygens (including phenoxy) is 1. The van der Waals surface area contributed by atoms with Crippen molar-refractivity contribution in [1.82, 2.24) is 35.0 Å². The fraction of sp³-hybridized carbons (Fsp3) is 0.586. The normalized spacial score (nSPS) is 23.3. The molecule has 3 aromatic rings. The molecule has 0 radical (unpaired) electrons. The predicted octanol–water partition coefficient (Wildman–Crippen LogP) is 3.25. The van der Waals surface area contributed by atoms with E-state index in [1.54, 1.807) is 29.2 Å². The van der Waals surface area contributed by atoms with E-state index in [1.807, 2.05) is 6.92 Å². The predicted molar refractivity (Wildman–Crippen MR) is 145 cm³/mol. The van der Waals surface area contributed by atoms with Gasteiger partial charge in [-0.1, -0.05) is 0 Å². The highest BCUT2D eigenvalue weighted by Gasteiger charge is 2.56. The quantitative estimate of drug-likeness (QED) is 0.269. The molecular weight excluding hydrogens is 567 g/mol. The Balaban J connectivity index is 1.32. The molecular formula is C29H34F3N7O4. The van der Waals surface area contributed by atoms with Crippen LogP contribution in [0.4, 0.5) is 13.2 Å². The fourth-order valence-corrected chi connectivity index (χ4v) is 6.58. The number of rotatable bonds is 10. The second-order valence-corrected chi connectivity index (χ2v) is 12.0. The second kappa shape index (κ2) is 10.9. The van der Waals surface area contributed by atoms with Crippen molar-refractivity contribution < 1.29 is 32.3 Å². The number of aryl methyl sites for hydroxylation is 1. The molecule has 3 atom stereocenters. The summed E-state index contributed by atoms with van der Waals surface area (Å²) in [6.45, 7) is 1.86. The number of aromatic nitrogens is 5. The molecule has 2 amide bonds. The minimum Gasteiger partial charge on any atom is -0.468 e. The Morgan fingerprint density at radius 3 is 2.56 bits per heavy atom. The molecule has 11 nitrogen and oxygen atoms in total. The van der Waals surface area contributed by atoms with Crippen molar-refractivity contribution in [3.05, 3.63) is 47.7 Å². The Morgan fingerprint density at radius 2 is 1.93 bits per heavy atom. The summed E-state index contributed by atoms with van der Waals surface area (Å²) in [7, 11) is 1.05. The van der Waals surface area contributed by atoms with Crippen molar-refractivity contribution in [2.75, 3.05) is 13.7 Å². The summed E-state index contributed by atoms with van der Waals surface area (Å²) in [5.74, 6) is -2.82. The zero-order valence-electron chi connectivity index (χ0n) is 23.9. The van der Waals surface area contributed by atoms with Crippen LogP contribution in [0.1, 0.15) is 66.8 Å². The van der Waals surface area contributed by atoms with E-state index in [-0.39, 0.29) is 24.3 Å². The van der Waals surface area contributed by atoms with E-state index in [4.69, 9.17) is 9.72 Å². The van der Waals surface area contributed by atoms with Crippen LogP contribution in [0.3, 0.4) is 0 Å². The van der Waals surface area contributed by atoms with Crippen LogP contribution in [0.2, 0.25) is 0 Å². The number of halogens is 3. The van der Waals surface area contributed by atoms with Crippen molar-refractivity contribution >= 4 is 23.4 Å². The average molecular weight is 602 g/mol. The number of hydrogen-bond acceptors (Lipinski definition) is 7. The van der Waals surface area contributed by atoms with Gasteiger partial charge < -0.3 is 15.4 Å². The zero-order chi connectivity index (χ0) is 30.5. The van der Waals surface area contributed by atoms with Crippen LogP contribution in [-0.2, 0) is 27.3 Å². The van der Waals surface area contributed by atoms with Gasteiger partial charge in [-0.15, -0.1) is 0 Å². The summed E-state index contributed by atoms with van der Waals surface area (Å²) in [5, 5.41) is 14.1. The van der Waals surface area contributed by atoms with Crippen LogP contribution in [0.25, 0.3) is 5.65 Å². The van der Waals surface area contributed by atoms with Crippen LogP contribution in [0.15, 0.2) is 30.7 Å². The molecule has 230 valence electrons. The molecule has 2 N–H and O–H groups in total. The van der Waals surface area contributed by atoms with Crippen molar-refractivity contribution in [1.29, 1.82) is 0 Å². The monoisotopic (exact) mass is 601 g/mol. The van der Waals surface area contributed by atoms with Gasteiger partial charge in [-0.05, 0) is 80.9 Å². The first-order chi connectivity index (χ1) is 20.5. The molecule has 1 saturated heterocycles. The molecule has 3 aromatic heterocycles. The molecule has 43 heavy (non-hydrogen) atoms. The van der Waals surface area contributed by atoms with Gasteiger partial charge in [-0.25, -0.2) is 9.50 Å². The molecule has 0 aromatic carbocycles. The maximum Gasteiger partial charge on any atom is 0.393 e. The van der Waals surface area contributed by atoms with Gasteiger partial charge >= 0.3 is 12.1 Å². The van der Waals surface area contributed by atoms with Crippen LogP contribution in [0.5, 0.6) is 0 Å².